The van der Waals surface area contributed by atoms with Gasteiger partial charge in [-0.1, -0.05) is 0 Å². The number of likely N-dealkylation sites (tertiary alicyclic amines) is 1. The van der Waals surface area contributed by atoms with Gasteiger partial charge < -0.3 is 10.2 Å². The van der Waals surface area contributed by atoms with Gasteiger partial charge in [0, 0.05) is 12.1 Å². The third-order valence-corrected chi connectivity index (χ3v) is 4.20. The van der Waals surface area contributed by atoms with Crippen molar-refractivity contribution in [3.05, 3.63) is 65.2 Å². The summed E-state index contributed by atoms with van der Waals surface area (Å²) in [6.45, 7) is 0.300. The number of carbonyl (C=O) groups is 2. The molecule has 26 heavy (non-hydrogen) atoms. The van der Waals surface area contributed by atoms with Gasteiger partial charge in [-0.05, 0) is 49.2 Å². The lowest BCUT2D eigenvalue weighted by atomic mass is 10.1. The lowest BCUT2D eigenvalue weighted by Gasteiger charge is -2.24. The lowest BCUT2D eigenvalue weighted by molar-refractivity contribution is -0.119. The topological polar surface area (TPSA) is 49.4 Å². The van der Waals surface area contributed by atoms with Crippen molar-refractivity contribution in [3.8, 4) is 0 Å². The lowest BCUT2D eigenvalue weighted by Crippen LogP contribution is -2.43. The predicted octanol–water partition coefficient (Wildman–Crippen LogP) is 3.49. The molecule has 1 fully saturated rings. The minimum Gasteiger partial charge on any atom is -0.327 e. The molecule has 1 aliphatic rings. The summed E-state index contributed by atoms with van der Waals surface area (Å²) in [5.41, 5.74) is -0.292. The Morgan fingerprint density at radius 2 is 1.65 bits per heavy atom. The second-order valence-electron chi connectivity index (χ2n) is 5.88. The molecule has 1 saturated heterocycles. The van der Waals surface area contributed by atoms with Gasteiger partial charge in [0.05, 0.1) is 5.69 Å². The van der Waals surface area contributed by atoms with Crippen molar-refractivity contribution in [2.75, 3.05) is 11.9 Å². The first-order valence-electron chi connectivity index (χ1n) is 7.89. The van der Waals surface area contributed by atoms with E-state index in [-0.39, 0.29) is 5.56 Å². The highest BCUT2D eigenvalue weighted by molar-refractivity contribution is 6.01. The maximum absolute atomic E-state index is 13.7. The molecule has 0 saturated carbocycles. The molecule has 0 bridgehead atoms. The third-order valence-electron chi connectivity index (χ3n) is 4.20. The predicted molar refractivity (Wildman–Crippen MR) is 85.4 cm³/mol. The fourth-order valence-electron chi connectivity index (χ4n) is 2.88. The van der Waals surface area contributed by atoms with Crippen molar-refractivity contribution < 1.29 is 27.2 Å². The van der Waals surface area contributed by atoms with E-state index in [9.17, 15) is 27.2 Å². The van der Waals surface area contributed by atoms with E-state index in [0.717, 1.165) is 18.2 Å². The van der Waals surface area contributed by atoms with Crippen LogP contribution in [-0.4, -0.2) is 29.3 Å². The summed E-state index contributed by atoms with van der Waals surface area (Å²) >= 11 is 0. The second-order valence-corrected chi connectivity index (χ2v) is 5.88. The second kappa shape index (κ2) is 7.15. The molecule has 1 atom stereocenters. The number of nitrogens with one attached hydrogen (secondary N) is 1. The molecule has 2 aromatic carbocycles. The van der Waals surface area contributed by atoms with Crippen LogP contribution in [0.1, 0.15) is 23.2 Å². The Bertz CT molecular complexity index is 855. The molecule has 0 spiro atoms. The molecule has 0 aliphatic carbocycles. The van der Waals surface area contributed by atoms with Gasteiger partial charge in [-0.15, -0.1) is 0 Å². The third kappa shape index (κ3) is 3.40. The van der Waals surface area contributed by atoms with Crippen molar-refractivity contribution in [1.29, 1.82) is 0 Å². The number of anilines is 1. The molecule has 2 amide bonds. The van der Waals surface area contributed by atoms with Gasteiger partial charge in [0.1, 0.15) is 11.9 Å². The Labute approximate surface area is 146 Å². The fourth-order valence-corrected chi connectivity index (χ4v) is 2.88. The van der Waals surface area contributed by atoms with E-state index in [4.69, 9.17) is 0 Å². The normalized spacial score (nSPS) is 16.6. The maximum Gasteiger partial charge on any atom is 0.254 e. The SMILES string of the molecule is O=C(Nc1ccc(F)c(F)c1F)[C@H]1CCCN1C(=O)c1ccc(F)cc1. The highest BCUT2D eigenvalue weighted by atomic mass is 19.2. The number of benzene rings is 2. The Balaban J connectivity index is 1.77. The summed E-state index contributed by atoms with van der Waals surface area (Å²) in [7, 11) is 0. The van der Waals surface area contributed by atoms with Crippen LogP contribution in [0.25, 0.3) is 0 Å². The summed E-state index contributed by atoms with van der Waals surface area (Å²) in [5.74, 6) is -6.22. The Kier molecular flexibility index (Phi) is 4.92. The van der Waals surface area contributed by atoms with Crippen molar-refractivity contribution in [2.24, 2.45) is 0 Å². The van der Waals surface area contributed by atoms with Crippen LogP contribution in [0, 0.1) is 23.3 Å². The quantitative estimate of drug-likeness (QED) is 0.668. The van der Waals surface area contributed by atoms with Crippen molar-refractivity contribution in [2.45, 2.75) is 18.9 Å². The minimum atomic E-state index is -1.69. The van der Waals surface area contributed by atoms with Crippen LogP contribution in [0.2, 0.25) is 0 Å². The average Bonchev–Trinajstić information content (AvgIpc) is 3.12. The van der Waals surface area contributed by atoms with E-state index >= 15 is 0 Å². The zero-order valence-corrected chi connectivity index (χ0v) is 13.4. The van der Waals surface area contributed by atoms with E-state index in [0.29, 0.717) is 25.5 Å². The van der Waals surface area contributed by atoms with E-state index < -0.39 is 46.8 Å². The van der Waals surface area contributed by atoms with E-state index in [1.165, 1.54) is 17.0 Å². The smallest absolute Gasteiger partial charge is 0.254 e. The van der Waals surface area contributed by atoms with Gasteiger partial charge in [-0.25, -0.2) is 17.6 Å². The molecular formula is C18H14F4N2O2. The van der Waals surface area contributed by atoms with Gasteiger partial charge in [0.2, 0.25) is 5.91 Å². The molecule has 8 heteroatoms. The van der Waals surface area contributed by atoms with Crippen LogP contribution >= 0.6 is 0 Å². The van der Waals surface area contributed by atoms with Crippen LogP contribution in [0.5, 0.6) is 0 Å². The van der Waals surface area contributed by atoms with Gasteiger partial charge in [-0.3, -0.25) is 9.59 Å². The molecule has 2 aromatic rings. The van der Waals surface area contributed by atoms with E-state index in [1.54, 1.807) is 0 Å². The monoisotopic (exact) mass is 366 g/mol. The van der Waals surface area contributed by atoms with E-state index in [1.807, 2.05) is 0 Å². The number of hydrogen-bond acceptors (Lipinski definition) is 2. The number of hydrogen-bond donors (Lipinski definition) is 1. The zero-order valence-electron chi connectivity index (χ0n) is 13.4. The number of halogens is 4. The number of nitrogens with zero attached hydrogens (tertiary/aromatic N) is 1. The van der Waals surface area contributed by atoms with Crippen LogP contribution in [0.15, 0.2) is 36.4 Å². The van der Waals surface area contributed by atoms with Gasteiger partial charge in [0.25, 0.3) is 5.91 Å². The fraction of sp³-hybridized carbons (Fsp3) is 0.222. The molecule has 4 nitrogen and oxygen atoms in total. The first kappa shape index (κ1) is 17.9. The molecule has 1 N–H and O–H groups in total. The summed E-state index contributed by atoms with van der Waals surface area (Å²) in [6.07, 6.45) is 0.884. The molecule has 1 heterocycles. The Morgan fingerprint density at radius 1 is 0.962 bits per heavy atom. The van der Waals surface area contributed by atoms with Crippen LogP contribution in [0.3, 0.4) is 0 Å². The van der Waals surface area contributed by atoms with Crippen molar-refractivity contribution in [1.82, 2.24) is 4.90 Å². The molecule has 136 valence electrons. The zero-order chi connectivity index (χ0) is 18.8. The molecule has 0 radical (unpaired) electrons. The summed E-state index contributed by atoms with van der Waals surface area (Å²) < 4.78 is 53.0. The highest BCUT2D eigenvalue weighted by Gasteiger charge is 2.35. The molecule has 0 aromatic heterocycles. The van der Waals surface area contributed by atoms with Crippen molar-refractivity contribution >= 4 is 17.5 Å². The van der Waals surface area contributed by atoms with Crippen LogP contribution in [0.4, 0.5) is 23.2 Å². The van der Waals surface area contributed by atoms with Crippen LogP contribution in [-0.2, 0) is 4.79 Å². The van der Waals surface area contributed by atoms with Crippen LogP contribution < -0.4 is 5.32 Å². The first-order valence-corrected chi connectivity index (χ1v) is 7.89. The minimum absolute atomic E-state index is 0.213. The van der Waals surface area contributed by atoms with E-state index in [2.05, 4.69) is 5.32 Å². The van der Waals surface area contributed by atoms with Gasteiger partial charge in [0.15, 0.2) is 17.5 Å². The van der Waals surface area contributed by atoms with Gasteiger partial charge >= 0.3 is 0 Å². The molecule has 0 unspecified atom stereocenters. The standard InChI is InChI=1S/C18H14F4N2O2/c19-11-5-3-10(4-6-11)18(26)24-9-1-2-14(24)17(25)23-13-8-7-12(20)15(21)16(13)22/h3-8,14H,1-2,9H2,(H,23,25)/t14-/m1/s1. The number of carbonyl (C=O) groups excluding carboxylic acids is 2. The molecule has 1 aliphatic heterocycles. The number of rotatable bonds is 3. The Hall–Kier alpha value is -2.90. The molecule has 3 rings (SSSR count). The summed E-state index contributed by atoms with van der Waals surface area (Å²) in [5, 5.41) is 2.19. The maximum atomic E-state index is 13.7. The Morgan fingerprint density at radius 3 is 2.35 bits per heavy atom. The first-order chi connectivity index (χ1) is 12.4. The summed E-state index contributed by atoms with van der Waals surface area (Å²) in [6, 6.07) is 5.60. The highest BCUT2D eigenvalue weighted by Crippen LogP contribution is 2.24. The average molecular weight is 366 g/mol. The molecular weight excluding hydrogens is 352 g/mol. The summed E-state index contributed by atoms with van der Waals surface area (Å²) in [4.78, 5) is 26.2. The van der Waals surface area contributed by atoms with Crippen molar-refractivity contribution in [3.63, 3.8) is 0 Å². The van der Waals surface area contributed by atoms with Gasteiger partial charge in [-0.2, -0.15) is 0 Å². The number of amides is 2. The largest absolute Gasteiger partial charge is 0.327 e.